The molecule has 1 aliphatic carbocycles. The van der Waals surface area contributed by atoms with E-state index < -0.39 is 11.6 Å². The number of hydrogen-bond acceptors (Lipinski definition) is 3. The highest BCUT2D eigenvalue weighted by atomic mass is 16.2. The summed E-state index contributed by atoms with van der Waals surface area (Å²) < 4.78 is 0. The summed E-state index contributed by atoms with van der Waals surface area (Å²) in [5.41, 5.74) is 2.50. The molecular weight excluding hydrogens is 402 g/mol. The van der Waals surface area contributed by atoms with Crippen LogP contribution in [0.25, 0.3) is 11.1 Å². The molecule has 2 aromatic rings. The maximum Gasteiger partial charge on any atom is 0.253 e. The number of para-hydroxylation sites is 1. The molecule has 0 aromatic heterocycles. The smallest absolute Gasteiger partial charge is 0.253 e. The van der Waals surface area contributed by atoms with Crippen LogP contribution in [0.2, 0.25) is 0 Å². The predicted octanol–water partition coefficient (Wildman–Crippen LogP) is 3.96. The number of fused-ring (bicyclic) bond motifs is 3. The standard InChI is InChI=1S/C26H31N3O3/c1-17(2)16-22(30)28-26(14-8-9-15-26)25(32)27-23-20-12-5-4-10-18(20)19-11-6-7-13-21(19)29(3)24(23)31/h4-7,10-13,17,23H,8-9,14-16H2,1-3H3,(H,27,32)(H,28,30). The number of benzene rings is 2. The van der Waals surface area contributed by atoms with Crippen LogP contribution in [-0.2, 0) is 14.4 Å². The fraction of sp³-hybridized carbons (Fsp3) is 0.423. The number of hydrogen-bond donors (Lipinski definition) is 2. The van der Waals surface area contributed by atoms with Crippen molar-refractivity contribution in [2.75, 3.05) is 11.9 Å². The van der Waals surface area contributed by atoms with Crippen molar-refractivity contribution in [1.82, 2.24) is 10.6 Å². The number of anilines is 1. The Hall–Kier alpha value is -3.15. The van der Waals surface area contributed by atoms with E-state index in [1.165, 1.54) is 0 Å². The highest BCUT2D eigenvalue weighted by Gasteiger charge is 2.45. The van der Waals surface area contributed by atoms with Crippen LogP contribution < -0.4 is 15.5 Å². The molecule has 1 aliphatic heterocycles. The molecule has 4 rings (SSSR count). The monoisotopic (exact) mass is 433 g/mol. The summed E-state index contributed by atoms with van der Waals surface area (Å²) in [7, 11) is 1.74. The molecular formula is C26H31N3O3. The van der Waals surface area contributed by atoms with Gasteiger partial charge in [0.25, 0.3) is 5.91 Å². The second-order valence-corrected chi connectivity index (χ2v) is 9.34. The van der Waals surface area contributed by atoms with Crippen LogP contribution in [-0.4, -0.2) is 30.3 Å². The normalized spacial score (nSPS) is 19.2. The van der Waals surface area contributed by atoms with E-state index in [9.17, 15) is 14.4 Å². The third kappa shape index (κ3) is 4.01. The molecule has 1 saturated carbocycles. The average Bonchev–Trinajstić information content (AvgIpc) is 3.22. The number of carbonyl (C=O) groups excluding carboxylic acids is 3. The summed E-state index contributed by atoms with van der Waals surface area (Å²) in [5.74, 6) is -0.384. The molecule has 0 bridgehead atoms. The number of nitrogens with zero attached hydrogens (tertiary/aromatic N) is 1. The minimum atomic E-state index is -0.959. The number of rotatable bonds is 5. The van der Waals surface area contributed by atoms with Gasteiger partial charge in [0.1, 0.15) is 11.6 Å². The minimum Gasteiger partial charge on any atom is -0.342 e. The summed E-state index contributed by atoms with van der Waals surface area (Å²) in [5, 5.41) is 6.05. The second-order valence-electron chi connectivity index (χ2n) is 9.34. The lowest BCUT2D eigenvalue weighted by molar-refractivity contribution is -0.135. The van der Waals surface area contributed by atoms with Crippen molar-refractivity contribution >= 4 is 23.4 Å². The Balaban J connectivity index is 1.68. The second kappa shape index (κ2) is 8.77. The van der Waals surface area contributed by atoms with Gasteiger partial charge < -0.3 is 15.5 Å². The van der Waals surface area contributed by atoms with Gasteiger partial charge >= 0.3 is 0 Å². The Morgan fingerprint density at radius 3 is 2.34 bits per heavy atom. The van der Waals surface area contributed by atoms with E-state index in [1.807, 2.05) is 62.4 Å². The van der Waals surface area contributed by atoms with Crippen molar-refractivity contribution in [2.24, 2.45) is 5.92 Å². The summed E-state index contributed by atoms with van der Waals surface area (Å²) in [6.07, 6.45) is 3.28. The Morgan fingerprint density at radius 1 is 1.03 bits per heavy atom. The zero-order chi connectivity index (χ0) is 22.9. The van der Waals surface area contributed by atoms with E-state index in [1.54, 1.807) is 11.9 Å². The van der Waals surface area contributed by atoms with Gasteiger partial charge in [0.05, 0.1) is 5.69 Å². The van der Waals surface area contributed by atoms with E-state index in [4.69, 9.17) is 0 Å². The molecule has 1 unspecified atom stereocenters. The topological polar surface area (TPSA) is 78.5 Å². The average molecular weight is 434 g/mol. The first-order valence-electron chi connectivity index (χ1n) is 11.4. The molecule has 6 nitrogen and oxygen atoms in total. The minimum absolute atomic E-state index is 0.117. The SMILES string of the molecule is CC(C)CC(=O)NC1(C(=O)NC2C(=O)N(C)c3ccccc3-c3ccccc32)CCCC1. The molecule has 0 saturated heterocycles. The Labute approximate surface area is 189 Å². The Bertz CT molecular complexity index is 1040. The largest absolute Gasteiger partial charge is 0.342 e. The van der Waals surface area contributed by atoms with Crippen molar-refractivity contribution in [3.8, 4) is 11.1 Å². The van der Waals surface area contributed by atoms with Crippen LogP contribution in [0.1, 0.15) is 57.6 Å². The number of likely N-dealkylation sites (N-methyl/N-ethyl adjacent to an activating group) is 1. The predicted molar refractivity (Wildman–Crippen MR) is 125 cm³/mol. The summed E-state index contributed by atoms with van der Waals surface area (Å²) >= 11 is 0. The third-order valence-electron chi connectivity index (χ3n) is 6.54. The van der Waals surface area contributed by atoms with Crippen LogP contribution in [0, 0.1) is 5.92 Å². The maximum absolute atomic E-state index is 13.6. The van der Waals surface area contributed by atoms with Crippen molar-refractivity contribution in [3.05, 3.63) is 54.1 Å². The van der Waals surface area contributed by atoms with Crippen LogP contribution >= 0.6 is 0 Å². The van der Waals surface area contributed by atoms with E-state index in [-0.39, 0.29) is 23.6 Å². The lowest BCUT2D eigenvalue weighted by Crippen LogP contribution is -2.58. The first-order chi connectivity index (χ1) is 15.3. The lowest BCUT2D eigenvalue weighted by Gasteiger charge is -2.32. The van der Waals surface area contributed by atoms with Gasteiger partial charge in [-0.3, -0.25) is 14.4 Å². The van der Waals surface area contributed by atoms with Crippen molar-refractivity contribution < 1.29 is 14.4 Å². The summed E-state index contributed by atoms with van der Waals surface area (Å²) in [6.45, 7) is 3.96. The molecule has 6 heteroatoms. The highest BCUT2D eigenvalue weighted by molar-refractivity contribution is 6.06. The number of amides is 3. The molecule has 1 heterocycles. The van der Waals surface area contributed by atoms with Crippen molar-refractivity contribution in [1.29, 1.82) is 0 Å². The Morgan fingerprint density at radius 2 is 1.66 bits per heavy atom. The van der Waals surface area contributed by atoms with Crippen LogP contribution in [0.4, 0.5) is 5.69 Å². The first-order valence-corrected chi connectivity index (χ1v) is 11.4. The number of carbonyl (C=O) groups is 3. The van der Waals surface area contributed by atoms with Crippen LogP contribution in [0.5, 0.6) is 0 Å². The van der Waals surface area contributed by atoms with Crippen LogP contribution in [0.15, 0.2) is 48.5 Å². The van der Waals surface area contributed by atoms with Crippen LogP contribution in [0.3, 0.4) is 0 Å². The molecule has 2 aromatic carbocycles. The Kier molecular flexibility index (Phi) is 6.04. The molecule has 2 aliphatic rings. The molecule has 168 valence electrons. The first kappa shape index (κ1) is 22.1. The molecule has 2 N–H and O–H groups in total. The van der Waals surface area contributed by atoms with E-state index in [0.717, 1.165) is 35.2 Å². The van der Waals surface area contributed by atoms with E-state index in [2.05, 4.69) is 10.6 Å². The zero-order valence-electron chi connectivity index (χ0n) is 19.0. The molecule has 1 atom stereocenters. The zero-order valence-corrected chi connectivity index (χ0v) is 19.0. The molecule has 0 spiro atoms. The van der Waals surface area contributed by atoms with Gasteiger partial charge in [-0.25, -0.2) is 0 Å². The van der Waals surface area contributed by atoms with Gasteiger partial charge in [0.2, 0.25) is 11.8 Å². The molecule has 3 amide bonds. The third-order valence-corrected chi connectivity index (χ3v) is 6.54. The van der Waals surface area contributed by atoms with E-state index in [0.29, 0.717) is 19.3 Å². The van der Waals surface area contributed by atoms with Gasteiger partial charge in [-0.2, -0.15) is 0 Å². The lowest BCUT2D eigenvalue weighted by atomic mass is 9.92. The van der Waals surface area contributed by atoms with Gasteiger partial charge in [-0.05, 0) is 36.0 Å². The van der Waals surface area contributed by atoms with Gasteiger partial charge in [0.15, 0.2) is 0 Å². The fourth-order valence-corrected chi connectivity index (χ4v) is 4.92. The molecule has 1 fully saturated rings. The van der Waals surface area contributed by atoms with E-state index >= 15 is 0 Å². The van der Waals surface area contributed by atoms with Gasteiger partial charge in [-0.1, -0.05) is 69.2 Å². The van der Waals surface area contributed by atoms with Crippen molar-refractivity contribution in [2.45, 2.75) is 57.5 Å². The number of nitrogens with one attached hydrogen (secondary N) is 2. The summed E-state index contributed by atoms with van der Waals surface area (Å²) in [4.78, 5) is 41.3. The molecule has 32 heavy (non-hydrogen) atoms. The quantitative estimate of drug-likeness (QED) is 0.749. The highest BCUT2D eigenvalue weighted by Crippen LogP contribution is 2.40. The maximum atomic E-state index is 13.6. The van der Waals surface area contributed by atoms with Gasteiger partial charge in [-0.15, -0.1) is 0 Å². The van der Waals surface area contributed by atoms with Crippen molar-refractivity contribution in [3.63, 3.8) is 0 Å². The molecule has 0 radical (unpaired) electrons. The van der Waals surface area contributed by atoms with Gasteiger partial charge in [0, 0.05) is 19.0 Å². The summed E-state index contributed by atoms with van der Waals surface area (Å²) in [6, 6.07) is 14.6. The fourth-order valence-electron chi connectivity index (χ4n) is 4.92.